The van der Waals surface area contributed by atoms with Gasteiger partial charge in [0.2, 0.25) is 5.95 Å². The van der Waals surface area contributed by atoms with Gasteiger partial charge in [0.25, 0.3) is 0 Å². The lowest BCUT2D eigenvalue weighted by atomic mass is 9.91. The van der Waals surface area contributed by atoms with Crippen LogP contribution in [0, 0.1) is 6.92 Å². The lowest BCUT2D eigenvalue weighted by Gasteiger charge is -2.32. The highest BCUT2D eigenvalue weighted by molar-refractivity contribution is 5.94. The molecule has 0 aliphatic carbocycles. The number of aryl methyl sites for hydroxylation is 1. The summed E-state index contributed by atoms with van der Waals surface area (Å²) in [6.45, 7) is 6.38. The van der Waals surface area contributed by atoms with Crippen molar-refractivity contribution >= 4 is 23.0 Å². The Kier molecular flexibility index (Phi) is 4.90. The first-order valence-electron chi connectivity index (χ1n) is 9.85. The maximum Gasteiger partial charge on any atom is 0.338 e. The Morgan fingerprint density at radius 2 is 1.89 bits per heavy atom. The number of hydrogen-bond acceptors (Lipinski definition) is 4. The second kappa shape index (κ2) is 7.50. The molecule has 0 saturated carbocycles. The van der Waals surface area contributed by atoms with Gasteiger partial charge in [-0.1, -0.05) is 49.7 Å². The molecule has 4 rings (SSSR count). The third kappa shape index (κ3) is 2.97. The monoisotopic (exact) mass is 375 g/mol. The van der Waals surface area contributed by atoms with Gasteiger partial charge in [-0.2, -0.15) is 0 Å². The summed E-state index contributed by atoms with van der Waals surface area (Å²) in [5.74, 6) is 0.501. The molecule has 0 saturated heterocycles. The molecule has 0 fully saturated rings. The highest BCUT2D eigenvalue weighted by Crippen LogP contribution is 2.41. The number of allylic oxidation sites excluding steroid dienone is 1. The maximum atomic E-state index is 13.1. The van der Waals surface area contributed by atoms with Gasteiger partial charge in [0.1, 0.15) is 0 Å². The summed E-state index contributed by atoms with van der Waals surface area (Å²) in [6, 6.07) is 16.0. The average Bonchev–Trinajstić information content (AvgIpc) is 3.06. The van der Waals surface area contributed by atoms with Crippen LogP contribution in [0.15, 0.2) is 59.8 Å². The van der Waals surface area contributed by atoms with E-state index in [1.165, 1.54) is 0 Å². The first kappa shape index (κ1) is 18.3. The van der Waals surface area contributed by atoms with Crippen molar-refractivity contribution in [1.29, 1.82) is 0 Å². The Labute approximate surface area is 165 Å². The van der Waals surface area contributed by atoms with E-state index in [2.05, 4.69) is 35.9 Å². The van der Waals surface area contributed by atoms with Crippen LogP contribution in [-0.4, -0.2) is 22.1 Å². The molecule has 5 heteroatoms. The fraction of sp³-hybridized carbons (Fsp3) is 0.304. The number of anilines is 1. The highest BCUT2D eigenvalue weighted by Gasteiger charge is 2.36. The predicted octanol–water partition coefficient (Wildman–Crippen LogP) is 4.98. The molecule has 144 valence electrons. The van der Waals surface area contributed by atoms with Crippen molar-refractivity contribution in [2.45, 2.75) is 39.7 Å². The van der Waals surface area contributed by atoms with E-state index in [0.29, 0.717) is 12.2 Å². The Morgan fingerprint density at radius 3 is 2.64 bits per heavy atom. The van der Waals surface area contributed by atoms with Crippen LogP contribution in [0.1, 0.15) is 43.9 Å². The lowest BCUT2D eigenvalue weighted by molar-refractivity contribution is -0.139. The summed E-state index contributed by atoms with van der Waals surface area (Å²) in [5.41, 5.74) is 5.70. The molecule has 1 aliphatic rings. The van der Waals surface area contributed by atoms with Crippen molar-refractivity contribution in [2.75, 3.05) is 11.9 Å². The molecule has 2 heterocycles. The lowest BCUT2D eigenvalue weighted by Crippen LogP contribution is -2.30. The number of fused-ring (bicyclic) bond motifs is 3. The number of ether oxygens (including phenoxy) is 1. The van der Waals surface area contributed by atoms with Crippen LogP contribution in [-0.2, 0) is 9.53 Å². The number of hydrogen-bond donors (Lipinski definition) is 1. The standard InChI is InChI=1S/C23H25N3O2/c1-4-10-18-20(22(27)28-5-2)21(16-12-7-6-11-15(16)3)26-19-14-9-8-13-17(19)24-23(26)25-18/h6-9,11-14,21H,4-5,10H2,1-3H3,(H,24,25)/t21-/m0/s1. The fourth-order valence-electron chi connectivity index (χ4n) is 3.97. The van der Waals surface area contributed by atoms with Gasteiger partial charge in [-0.05, 0) is 43.5 Å². The molecule has 5 nitrogen and oxygen atoms in total. The maximum absolute atomic E-state index is 13.1. The fourth-order valence-corrected chi connectivity index (χ4v) is 3.97. The molecule has 3 aromatic rings. The van der Waals surface area contributed by atoms with Crippen molar-refractivity contribution in [2.24, 2.45) is 0 Å². The molecule has 0 bridgehead atoms. The number of para-hydroxylation sites is 2. The van der Waals surface area contributed by atoms with Gasteiger partial charge in [0.05, 0.1) is 29.3 Å². The predicted molar refractivity (Wildman–Crippen MR) is 111 cm³/mol. The normalized spacial score (nSPS) is 16.0. The number of carbonyl (C=O) groups excluding carboxylic acids is 1. The molecule has 0 unspecified atom stereocenters. The third-order valence-corrected chi connectivity index (χ3v) is 5.19. The summed E-state index contributed by atoms with van der Waals surface area (Å²) in [7, 11) is 0. The van der Waals surface area contributed by atoms with Gasteiger partial charge in [0.15, 0.2) is 0 Å². The van der Waals surface area contributed by atoms with Gasteiger partial charge in [0, 0.05) is 5.70 Å². The molecule has 0 radical (unpaired) electrons. The zero-order valence-electron chi connectivity index (χ0n) is 16.5. The van der Waals surface area contributed by atoms with Crippen LogP contribution in [0.2, 0.25) is 0 Å². The van der Waals surface area contributed by atoms with E-state index in [0.717, 1.165) is 46.6 Å². The van der Waals surface area contributed by atoms with Crippen molar-refractivity contribution in [1.82, 2.24) is 9.55 Å². The van der Waals surface area contributed by atoms with Gasteiger partial charge in [-0.25, -0.2) is 9.78 Å². The largest absolute Gasteiger partial charge is 0.463 e. The molecule has 1 N–H and O–H groups in total. The molecular formula is C23H25N3O2. The number of aromatic nitrogens is 2. The highest BCUT2D eigenvalue weighted by atomic mass is 16.5. The zero-order chi connectivity index (χ0) is 19.7. The van der Waals surface area contributed by atoms with Crippen molar-refractivity contribution < 1.29 is 9.53 Å². The van der Waals surface area contributed by atoms with Gasteiger partial charge in [-0.15, -0.1) is 0 Å². The van der Waals surface area contributed by atoms with Crippen LogP contribution in [0.25, 0.3) is 11.0 Å². The minimum absolute atomic E-state index is 0.268. The number of nitrogens with one attached hydrogen (secondary N) is 1. The van der Waals surface area contributed by atoms with E-state index in [-0.39, 0.29) is 12.0 Å². The van der Waals surface area contributed by atoms with Crippen LogP contribution in [0.3, 0.4) is 0 Å². The number of benzene rings is 2. The third-order valence-electron chi connectivity index (χ3n) is 5.19. The second-order valence-electron chi connectivity index (χ2n) is 7.04. The second-order valence-corrected chi connectivity index (χ2v) is 7.04. The van der Waals surface area contributed by atoms with Crippen LogP contribution >= 0.6 is 0 Å². The summed E-state index contributed by atoms with van der Waals surface area (Å²) < 4.78 is 7.61. The minimum Gasteiger partial charge on any atom is -0.463 e. The smallest absolute Gasteiger partial charge is 0.338 e. The Balaban J connectivity index is 2.02. The van der Waals surface area contributed by atoms with E-state index in [4.69, 9.17) is 9.72 Å². The van der Waals surface area contributed by atoms with Gasteiger partial charge < -0.3 is 10.1 Å². The van der Waals surface area contributed by atoms with Crippen LogP contribution < -0.4 is 5.32 Å². The summed E-state index contributed by atoms with van der Waals surface area (Å²) in [6.07, 6.45) is 1.69. The summed E-state index contributed by atoms with van der Waals surface area (Å²) >= 11 is 0. The molecular weight excluding hydrogens is 350 g/mol. The number of carbonyl (C=O) groups is 1. The number of rotatable bonds is 5. The minimum atomic E-state index is -0.273. The molecule has 1 atom stereocenters. The van der Waals surface area contributed by atoms with E-state index in [9.17, 15) is 4.79 Å². The summed E-state index contributed by atoms with van der Waals surface area (Å²) in [4.78, 5) is 17.9. The number of esters is 1. The molecule has 0 amide bonds. The quantitative estimate of drug-likeness (QED) is 0.639. The first-order valence-corrected chi connectivity index (χ1v) is 9.85. The molecule has 1 aliphatic heterocycles. The zero-order valence-corrected chi connectivity index (χ0v) is 16.5. The van der Waals surface area contributed by atoms with Gasteiger partial charge in [-0.3, -0.25) is 4.57 Å². The van der Waals surface area contributed by atoms with E-state index in [1.807, 2.05) is 43.3 Å². The molecule has 2 aromatic carbocycles. The topological polar surface area (TPSA) is 56.2 Å². The van der Waals surface area contributed by atoms with Crippen LogP contribution in [0.5, 0.6) is 0 Å². The summed E-state index contributed by atoms with van der Waals surface area (Å²) in [5, 5.41) is 3.43. The van der Waals surface area contributed by atoms with E-state index >= 15 is 0 Å². The molecule has 0 spiro atoms. The van der Waals surface area contributed by atoms with Crippen molar-refractivity contribution in [3.05, 3.63) is 70.9 Å². The molecule has 1 aromatic heterocycles. The average molecular weight is 375 g/mol. The first-order chi connectivity index (χ1) is 13.7. The van der Waals surface area contributed by atoms with Crippen LogP contribution in [0.4, 0.5) is 5.95 Å². The van der Waals surface area contributed by atoms with Crippen molar-refractivity contribution in [3.8, 4) is 0 Å². The van der Waals surface area contributed by atoms with E-state index in [1.54, 1.807) is 0 Å². The Bertz CT molecular complexity index is 1060. The van der Waals surface area contributed by atoms with E-state index < -0.39 is 0 Å². The Morgan fingerprint density at radius 1 is 1.14 bits per heavy atom. The number of nitrogens with zero attached hydrogens (tertiary/aromatic N) is 2. The number of imidazole rings is 1. The van der Waals surface area contributed by atoms with Gasteiger partial charge >= 0.3 is 5.97 Å². The van der Waals surface area contributed by atoms with Crippen molar-refractivity contribution in [3.63, 3.8) is 0 Å². The SMILES string of the molecule is CCCC1=C(C(=O)OCC)[C@H](c2ccccc2C)n2c(nc3ccccc32)N1. The molecule has 28 heavy (non-hydrogen) atoms. The Hall–Kier alpha value is -3.08.